The van der Waals surface area contributed by atoms with E-state index >= 15 is 0 Å². The summed E-state index contributed by atoms with van der Waals surface area (Å²) >= 11 is 1.30. The molecule has 0 saturated carbocycles. The zero-order valence-electron chi connectivity index (χ0n) is 13.5. The molecule has 2 rings (SSSR count). The number of non-ortho nitro benzene ring substituents is 1. The molecule has 0 unspecified atom stereocenters. The Morgan fingerprint density at radius 2 is 1.68 bits per heavy atom. The smallest absolute Gasteiger partial charge is 0.269 e. The van der Waals surface area contributed by atoms with Crippen molar-refractivity contribution in [2.45, 2.75) is 11.3 Å². The number of nitro groups is 1. The Bertz CT molecular complexity index is 760. The van der Waals surface area contributed by atoms with Crippen LogP contribution in [0.1, 0.15) is 5.56 Å². The summed E-state index contributed by atoms with van der Waals surface area (Å²) in [5.74, 6) is -0.0590. The van der Waals surface area contributed by atoms with Gasteiger partial charge in [0, 0.05) is 29.8 Å². The molecule has 2 aromatic rings. The fraction of sp³-hybridized carbons (Fsp3) is 0.176. The van der Waals surface area contributed by atoms with Gasteiger partial charge in [0.25, 0.3) is 5.69 Å². The lowest BCUT2D eigenvalue weighted by Crippen LogP contribution is -2.20. The van der Waals surface area contributed by atoms with Gasteiger partial charge in [0.2, 0.25) is 11.8 Å². The van der Waals surface area contributed by atoms with Crippen LogP contribution in [0, 0.1) is 10.1 Å². The number of nitro benzene ring substituents is 1. The van der Waals surface area contributed by atoms with Gasteiger partial charge in [0.05, 0.1) is 17.1 Å². The van der Waals surface area contributed by atoms with Gasteiger partial charge in [-0.1, -0.05) is 12.1 Å². The fourth-order valence-corrected chi connectivity index (χ4v) is 2.69. The minimum atomic E-state index is -0.463. The quantitative estimate of drug-likeness (QED) is 0.449. The van der Waals surface area contributed by atoms with E-state index in [1.54, 1.807) is 43.4 Å². The Balaban J connectivity index is 1.83. The van der Waals surface area contributed by atoms with Crippen LogP contribution in [0.4, 0.5) is 11.4 Å². The van der Waals surface area contributed by atoms with Crippen molar-refractivity contribution in [3.63, 3.8) is 0 Å². The van der Waals surface area contributed by atoms with Crippen LogP contribution in [0.2, 0.25) is 0 Å². The highest BCUT2D eigenvalue weighted by molar-refractivity contribution is 8.00. The molecule has 130 valence electrons. The largest absolute Gasteiger partial charge is 0.359 e. The second-order valence-corrected chi connectivity index (χ2v) is 6.18. The highest BCUT2D eigenvalue weighted by Crippen LogP contribution is 2.21. The van der Waals surface area contributed by atoms with Crippen LogP contribution in [0.5, 0.6) is 0 Å². The van der Waals surface area contributed by atoms with Crippen LogP contribution in [0.15, 0.2) is 53.4 Å². The molecule has 0 spiro atoms. The molecule has 0 aliphatic heterocycles. The van der Waals surface area contributed by atoms with E-state index < -0.39 is 4.92 Å². The third-order valence-electron chi connectivity index (χ3n) is 3.30. The van der Waals surface area contributed by atoms with Crippen LogP contribution in [0.3, 0.4) is 0 Å². The molecule has 0 saturated heterocycles. The molecule has 7 nitrogen and oxygen atoms in total. The SMILES string of the molecule is CNC(=O)Cc1ccc(NC(=O)CSc2ccc([N+](=O)[O-])cc2)cc1. The number of anilines is 1. The van der Waals surface area contributed by atoms with Crippen molar-refractivity contribution < 1.29 is 14.5 Å². The summed E-state index contributed by atoms with van der Waals surface area (Å²) in [5.41, 5.74) is 1.53. The third-order valence-corrected chi connectivity index (χ3v) is 4.31. The molecule has 8 heteroatoms. The Morgan fingerprint density at radius 3 is 2.24 bits per heavy atom. The van der Waals surface area contributed by atoms with Crippen molar-refractivity contribution in [2.75, 3.05) is 18.1 Å². The summed E-state index contributed by atoms with van der Waals surface area (Å²) in [6, 6.07) is 13.1. The van der Waals surface area contributed by atoms with E-state index in [2.05, 4.69) is 10.6 Å². The van der Waals surface area contributed by atoms with Gasteiger partial charge in [-0.3, -0.25) is 19.7 Å². The predicted molar refractivity (Wildman–Crippen MR) is 96.7 cm³/mol. The summed E-state index contributed by atoms with van der Waals surface area (Å²) in [6.07, 6.45) is 0.292. The first-order valence-corrected chi connectivity index (χ1v) is 8.43. The van der Waals surface area contributed by atoms with Crippen molar-refractivity contribution in [3.05, 3.63) is 64.2 Å². The number of hydrogen-bond acceptors (Lipinski definition) is 5. The van der Waals surface area contributed by atoms with E-state index in [0.717, 1.165) is 10.5 Å². The summed E-state index contributed by atoms with van der Waals surface area (Å²) in [6.45, 7) is 0. The molecular formula is C17H17N3O4S. The Hall–Kier alpha value is -2.87. The summed E-state index contributed by atoms with van der Waals surface area (Å²) in [4.78, 5) is 34.2. The van der Waals surface area contributed by atoms with Gasteiger partial charge in [0.15, 0.2) is 0 Å². The molecule has 0 aliphatic carbocycles. The minimum Gasteiger partial charge on any atom is -0.359 e. The third kappa shape index (κ3) is 5.92. The molecule has 0 fully saturated rings. The maximum Gasteiger partial charge on any atom is 0.269 e. The average Bonchev–Trinajstić information content (AvgIpc) is 2.62. The number of rotatable bonds is 7. The number of likely N-dealkylation sites (N-methyl/N-ethyl adjacent to an activating group) is 1. The molecule has 2 N–H and O–H groups in total. The Labute approximate surface area is 149 Å². The number of amides is 2. The van der Waals surface area contributed by atoms with E-state index in [4.69, 9.17) is 0 Å². The summed E-state index contributed by atoms with van der Waals surface area (Å²) in [5, 5.41) is 15.9. The van der Waals surface area contributed by atoms with Gasteiger partial charge in [-0.05, 0) is 29.8 Å². The maximum absolute atomic E-state index is 12.0. The standard InChI is InChI=1S/C17H17N3O4S/c1-18-16(21)10-12-2-4-13(5-3-12)19-17(22)11-25-15-8-6-14(7-9-15)20(23)24/h2-9H,10-11H2,1H3,(H,18,21)(H,19,22). The topological polar surface area (TPSA) is 101 Å². The summed E-state index contributed by atoms with van der Waals surface area (Å²) < 4.78 is 0. The lowest BCUT2D eigenvalue weighted by atomic mass is 10.1. The first-order valence-electron chi connectivity index (χ1n) is 7.44. The normalized spacial score (nSPS) is 10.1. The van der Waals surface area contributed by atoms with E-state index in [-0.39, 0.29) is 23.3 Å². The molecule has 2 amide bonds. The molecule has 0 aromatic heterocycles. The predicted octanol–water partition coefficient (Wildman–Crippen LogP) is 2.61. The van der Waals surface area contributed by atoms with Gasteiger partial charge >= 0.3 is 0 Å². The van der Waals surface area contributed by atoms with Crippen molar-refractivity contribution in [1.82, 2.24) is 5.32 Å². The Kier molecular flexibility index (Phi) is 6.53. The zero-order valence-corrected chi connectivity index (χ0v) is 14.3. The molecule has 0 atom stereocenters. The first-order chi connectivity index (χ1) is 12.0. The highest BCUT2D eigenvalue weighted by atomic mass is 32.2. The molecule has 0 aliphatic rings. The minimum absolute atomic E-state index is 0.0191. The first kappa shape index (κ1) is 18.5. The van der Waals surface area contributed by atoms with E-state index in [0.29, 0.717) is 12.1 Å². The number of thioether (sulfide) groups is 1. The van der Waals surface area contributed by atoms with Gasteiger partial charge in [-0.2, -0.15) is 0 Å². The molecule has 0 radical (unpaired) electrons. The summed E-state index contributed by atoms with van der Waals surface area (Å²) in [7, 11) is 1.58. The number of benzene rings is 2. The number of nitrogens with zero attached hydrogens (tertiary/aromatic N) is 1. The van der Waals surface area contributed by atoms with Crippen molar-refractivity contribution in [3.8, 4) is 0 Å². The lowest BCUT2D eigenvalue weighted by molar-refractivity contribution is -0.384. The van der Waals surface area contributed by atoms with Gasteiger partial charge in [-0.25, -0.2) is 0 Å². The van der Waals surface area contributed by atoms with Crippen LogP contribution in [-0.4, -0.2) is 29.5 Å². The molecule has 25 heavy (non-hydrogen) atoms. The molecule has 0 heterocycles. The number of hydrogen-bond donors (Lipinski definition) is 2. The van der Waals surface area contributed by atoms with Gasteiger partial charge in [0.1, 0.15) is 0 Å². The van der Waals surface area contributed by atoms with E-state index in [1.165, 1.54) is 23.9 Å². The molecule has 0 bridgehead atoms. The lowest BCUT2D eigenvalue weighted by Gasteiger charge is -2.06. The zero-order chi connectivity index (χ0) is 18.2. The number of nitrogens with one attached hydrogen (secondary N) is 2. The van der Waals surface area contributed by atoms with Crippen molar-refractivity contribution in [2.24, 2.45) is 0 Å². The maximum atomic E-state index is 12.0. The van der Waals surface area contributed by atoms with Crippen LogP contribution >= 0.6 is 11.8 Å². The van der Waals surface area contributed by atoms with Gasteiger partial charge in [-0.15, -0.1) is 11.8 Å². The highest BCUT2D eigenvalue weighted by Gasteiger charge is 2.07. The second-order valence-electron chi connectivity index (χ2n) is 5.13. The number of carbonyl (C=O) groups is 2. The van der Waals surface area contributed by atoms with Gasteiger partial charge < -0.3 is 10.6 Å². The Morgan fingerprint density at radius 1 is 1.04 bits per heavy atom. The van der Waals surface area contributed by atoms with Crippen LogP contribution in [-0.2, 0) is 16.0 Å². The average molecular weight is 359 g/mol. The van der Waals surface area contributed by atoms with Crippen molar-refractivity contribution in [1.29, 1.82) is 0 Å². The molecular weight excluding hydrogens is 342 g/mol. The van der Waals surface area contributed by atoms with Crippen molar-refractivity contribution >= 4 is 35.0 Å². The fourth-order valence-electron chi connectivity index (χ4n) is 1.99. The second kappa shape index (κ2) is 8.84. The van der Waals surface area contributed by atoms with Crippen LogP contribution < -0.4 is 10.6 Å². The van der Waals surface area contributed by atoms with Crippen LogP contribution in [0.25, 0.3) is 0 Å². The monoisotopic (exact) mass is 359 g/mol. The van der Waals surface area contributed by atoms with E-state index in [9.17, 15) is 19.7 Å². The van der Waals surface area contributed by atoms with E-state index in [1.807, 2.05) is 0 Å². The molecule has 2 aromatic carbocycles. The number of carbonyl (C=O) groups excluding carboxylic acids is 2.